The summed E-state index contributed by atoms with van der Waals surface area (Å²) in [5, 5.41) is 5.91. The van der Waals surface area contributed by atoms with Gasteiger partial charge in [0.15, 0.2) is 0 Å². The Hall–Kier alpha value is -1.45. The molecule has 3 nitrogen and oxygen atoms in total. The first-order chi connectivity index (χ1) is 8.92. The van der Waals surface area contributed by atoms with Crippen molar-refractivity contribution in [3.05, 3.63) is 42.2 Å². The zero-order valence-corrected chi connectivity index (χ0v) is 10.4. The fourth-order valence-electron chi connectivity index (χ4n) is 2.43. The predicted molar refractivity (Wildman–Crippen MR) is 72.4 cm³/mol. The first-order valence-corrected chi connectivity index (χ1v) is 6.57. The van der Waals surface area contributed by atoms with Gasteiger partial charge >= 0.3 is 0 Å². The van der Waals surface area contributed by atoms with Crippen LogP contribution in [0.4, 0.5) is 0 Å². The lowest BCUT2D eigenvalue weighted by atomic mass is 10.1. The molecular weight excluding hydrogens is 224 g/mol. The van der Waals surface area contributed by atoms with Gasteiger partial charge in [-0.2, -0.15) is 0 Å². The van der Waals surface area contributed by atoms with E-state index in [9.17, 15) is 0 Å². The highest BCUT2D eigenvalue weighted by Gasteiger charge is 2.14. The van der Waals surface area contributed by atoms with Crippen LogP contribution in [-0.4, -0.2) is 24.2 Å². The van der Waals surface area contributed by atoms with E-state index in [0.717, 1.165) is 19.7 Å². The quantitative estimate of drug-likeness (QED) is 0.894. The van der Waals surface area contributed by atoms with Gasteiger partial charge in [-0.3, -0.25) is 4.98 Å². The summed E-state index contributed by atoms with van der Waals surface area (Å²) in [6.07, 6.45) is 6.55. The predicted octanol–water partition coefficient (Wildman–Crippen LogP) is 2.50. The van der Waals surface area contributed by atoms with Crippen LogP contribution in [0.2, 0.25) is 0 Å². The smallest absolute Gasteiger partial charge is 0.0700 e. The number of nitrogens with zero attached hydrogens (tertiary/aromatic N) is 1. The van der Waals surface area contributed by atoms with E-state index in [4.69, 9.17) is 4.74 Å². The van der Waals surface area contributed by atoms with Gasteiger partial charge in [-0.05, 0) is 35.9 Å². The second-order valence-corrected chi connectivity index (χ2v) is 4.82. The molecule has 1 saturated heterocycles. The summed E-state index contributed by atoms with van der Waals surface area (Å²) in [5.74, 6) is 0. The molecule has 3 heteroatoms. The molecule has 1 aliphatic rings. The van der Waals surface area contributed by atoms with Crippen molar-refractivity contribution in [2.45, 2.75) is 25.5 Å². The molecule has 1 fully saturated rings. The Morgan fingerprint density at radius 3 is 3.17 bits per heavy atom. The van der Waals surface area contributed by atoms with Crippen LogP contribution in [0.3, 0.4) is 0 Å². The van der Waals surface area contributed by atoms with Gasteiger partial charge < -0.3 is 10.1 Å². The third-order valence-corrected chi connectivity index (χ3v) is 3.43. The van der Waals surface area contributed by atoms with E-state index < -0.39 is 0 Å². The molecule has 0 saturated carbocycles. The van der Waals surface area contributed by atoms with Gasteiger partial charge in [-0.25, -0.2) is 0 Å². The number of fused-ring (bicyclic) bond motifs is 1. The van der Waals surface area contributed by atoms with Crippen LogP contribution >= 0.6 is 0 Å². The largest absolute Gasteiger partial charge is 0.377 e. The van der Waals surface area contributed by atoms with Gasteiger partial charge in [0.2, 0.25) is 0 Å². The Labute approximate surface area is 107 Å². The van der Waals surface area contributed by atoms with Crippen LogP contribution in [0.25, 0.3) is 10.8 Å². The van der Waals surface area contributed by atoms with Gasteiger partial charge in [0.1, 0.15) is 0 Å². The third kappa shape index (κ3) is 2.68. The molecule has 0 bridgehead atoms. The maximum absolute atomic E-state index is 5.59. The molecule has 1 N–H and O–H groups in total. The highest BCUT2D eigenvalue weighted by molar-refractivity contribution is 5.81. The highest BCUT2D eigenvalue weighted by Crippen LogP contribution is 2.15. The minimum atomic E-state index is 0.412. The van der Waals surface area contributed by atoms with Crippen LogP contribution in [0, 0.1) is 0 Å². The molecule has 1 aromatic carbocycles. The molecule has 2 aromatic rings. The summed E-state index contributed by atoms with van der Waals surface area (Å²) in [6.45, 7) is 2.78. The van der Waals surface area contributed by atoms with E-state index in [0.29, 0.717) is 6.10 Å². The molecule has 1 unspecified atom stereocenters. The molecule has 1 aliphatic heterocycles. The van der Waals surface area contributed by atoms with E-state index in [1.54, 1.807) is 0 Å². The summed E-state index contributed by atoms with van der Waals surface area (Å²) in [5.41, 5.74) is 1.31. The van der Waals surface area contributed by atoms with E-state index in [-0.39, 0.29) is 0 Å². The average Bonchev–Trinajstić information content (AvgIpc) is 2.92. The molecule has 2 heterocycles. The topological polar surface area (TPSA) is 34.1 Å². The second-order valence-electron chi connectivity index (χ2n) is 4.82. The van der Waals surface area contributed by atoms with Crippen molar-refractivity contribution in [2.75, 3.05) is 13.2 Å². The lowest BCUT2D eigenvalue weighted by Gasteiger charge is -2.11. The first kappa shape index (κ1) is 11.6. The van der Waals surface area contributed by atoms with Gasteiger partial charge in [0, 0.05) is 37.5 Å². The molecule has 0 radical (unpaired) electrons. The minimum absolute atomic E-state index is 0.412. The van der Waals surface area contributed by atoms with Gasteiger partial charge in [-0.15, -0.1) is 0 Å². The van der Waals surface area contributed by atoms with Crippen molar-refractivity contribution < 1.29 is 4.74 Å². The van der Waals surface area contributed by atoms with Crippen LogP contribution in [0.15, 0.2) is 36.7 Å². The number of pyridine rings is 1. The van der Waals surface area contributed by atoms with Crippen molar-refractivity contribution in [1.29, 1.82) is 0 Å². The Morgan fingerprint density at radius 1 is 1.28 bits per heavy atom. The monoisotopic (exact) mass is 242 g/mol. The van der Waals surface area contributed by atoms with Crippen molar-refractivity contribution in [3.8, 4) is 0 Å². The number of nitrogens with one attached hydrogen (secondary N) is 1. The summed E-state index contributed by atoms with van der Waals surface area (Å²) in [6, 6.07) is 8.57. The molecule has 18 heavy (non-hydrogen) atoms. The summed E-state index contributed by atoms with van der Waals surface area (Å²) >= 11 is 0. The number of hydrogen-bond donors (Lipinski definition) is 1. The molecule has 0 amide bonds. The molecule has 1 aromatic heterocycles. The van der Waals surface area contributed by atoms with Gasteiger partial charge in [-0.1, -0.05) is 12.1 Å². The Morgan fingerprint density at radius 2 is 2.28 bits per heavy atom. The van der Waals surface area contributed by atoms with E-state index in [1.165, 1.54) is 29.2 Å². The molecule has 3 rings (SSSR count). The van der Waals surface area contributed by atoms with Crippen molar-refractivity contribution in [3.63, 3.8) is 0 Å². The Kier molecular flexibility index (Phi) is 3.53. The number of aromatic nitrogens is 1. The zero-order chi connectivity index (χ0) is 12.2. The Balaban J connectivity index is 1.60. The highest BCUT2D eigenvalue weighted by atomic mass is 16.5. The third-order valence-electron chi connectivity index (χ3n) is 3.43. The zero-order valence-electron chi connectivity index (χ0n) is 10.4. The molecule has 94 valence electrons. The molecule has 0 spiro atoms. The average molecular weight is 242 g/mol. The van der Waals surface area contributed by atoms with Crippen molar-refractivity contribution in [2.24, 2.45) is 0 Å². The number of hydrogen-bond acceptors (Lipinski definition) is 3. The van der Waals surface area contributed by atoms with E-state index in [1.807, 2.05) is 12.4 Å². The van der Waals surface area contributed by atoms with Crippen LogP contribution in [0.5, 0.6) is 0 Å². The maximum atomic E-state index is 5.59. The van der Waals surface area contributed by atoms with Crippen LogP contribution in [0.1, 0.15) is 18.4 Å². The van der Waals surface area contributed by atoms with Crippen molar-refractivity contribution >= 4 is 10.8 Å². The molecule has 1 atom stereocenters. The lowest BCUT2D eigenvalue weighted by molar-refractivity contribution is 0.110. The second kappa shape index (κ2) is 5.46. The minimum Gasteiger partial charge on any atom is -0.377 e. The van der Waals surface area contributed by atoms with E-state index in [2.05, 4.69) is 34.6 Å². The number of rotatable bonds is 4. The normalized spacial score (nSPS) is 19.4. The fraction of sp³-hybridized carbons (Fsp3) is 0.400. The maximum Gasteiger partial charge on any atom is 0.0700 e. The molecular formula is C15H18N2O. The lowest BCUT2D eigenvalue weighted by Crippen LogP contribution is -2.25. The summed E-state index contributed by atoms with van der Waals surface area (Å²) in [4.78, 5) is 4.12. The molecule has 0 aliphatic carbocycles. The van der Waals surface area contributed by atoms with Gasteiger partial charge in [0.25, 0.3) is 0 Å². The Bertz CT molecular complexity index is 521. The summed E-state index contributed by atoms with van der Waals surface area (Å²) < 4.78 is 5.59. The van der Waals surface area contributed by atoms with Crippen LogP contribution in [-0.2, 0) is 11.3 Å². The first-order valence-electron chi connectivity index (χ1n) is 6.57. The van der Waals surface area contributed by atoms with Crippen LogP contribution < -0.4 is 5.32 Å². The summed E-state index contributed by atoms with van der Waals surface area (Å²) in [7, 11) is 0. The standard InChI is InChI=1S/C15H18N2O/c1-2-15(18-7-1)11-17-9-12-3-4-14-10-16-6-5-13(14)8-12/h3-6,8,10,15,17H,1-2,7,9,11H2. The van der Waals surface area contributed by atoms with Crippen molar-refractivity contribution in [1.82, 2.24) is 10.3 Å². The number of benzene rings is 1. The fourth-order valence-corrected chi connectivity index (χ4v) is 2.43. The van der Waals surface area contributed by atoms with Gasteiger partial charge in [0.05, 0.1) is 6.10 Å². The SMILES string of the molecule is c1cc2cc(CNCC3CCCO3)ccc2cn1. The number of ether oxygens (including phenoxy) is 1. The van der Waals surface area contributed by atoms with E-state index >= 15 is 0 Å².